The lowest BCUT2D eigenvalue weighted by Crippen LogP contribution is -2.68. The molecule has 3 aromatic rings. The van der Waals surface area contributed by atoms with Crippen LogP contribution in [0.5, 0.6) is 5.75 Å². The fourth-order valence-electron chi connectivity index (χ4n) is 10.8. The zero-order valence-corrected chi connectivity index (χ0v) is 25.5. The van der Waals surface area contributed by atoms with Crippen molar-refractivity contribution in [1.82, 2.24) is 4.98 Å². The van der Waals surface area contributed by atoms with E-state index in [1.165, 1.54) is 31.2 Å². The molecule has 4 saturated carbocycles. The molecule has 0 radical (unpaired) electrons. The zero-order chi connectivity index (χ0) is 29.2. The molecule has 5 nitrogen and oxygen atoms in total. The van der Waals surface area contributed by atoms with Gasteiger partial charge in [0.1, 0.15) is 18.3 Å². The molecule has 5 heteroatoms. The Bertz CT molecular complexity index is 1490. The summed E-state index contributed by atoms with van der Waals surface area (Å²) in [6.45, 7) is 7.32. The van der Waals surface area contributed by atoms with E-state index < -0.39 is 0 Å². The highest BCUT2D eigenvalue weighted by Gasteiger charge is 2.59. The number of carbonyl (C=O) groups excluding carboxylic acids is 1. The molecule has 0 spiro atoms. The maximum atomic E-state index is 14.6. The summed E-state index contributed by atoms with van der Waals surface area (Å²) in [5.74, 6) is 4.14. The van der Waals surface area contributed by atoms with Crippen molar-refractivity contribution >= 4 is 16.9 Å². The third-order valence-electron chi connectivity index (χ3n) is 12.4. The molecule has 4 heterocycles. The van der Waals surface area contributed by atoms with Crippen molar-refractivity contribution < 1.29 is 18.8 Å². The molecule has 6 bridgehead atoms. The van der Waals surface area contributed by atoms with E-state index in [1.807, 2.05) is 12.3 Å². The van der Waals surface area contributed by atoms with Crippen LogP contribution in [0.1, 0.15) is 68.6 Å². The van der Waals surface area contributed by atoms with Gasteiger partial charge in [0.2, 0.25) is 0 Å². The van der Waals surface area contributed by atoms with Crippen molar-refractivity contribution in [3.63, 3.8) is 0 Å². The topological polar surface area (TPSA) is 48.4 Å². The van der Waals surface area contributed by atoms with Crippen molar-refractivity contribution in [1.29, 1.82) is 0 Å². The maximum absolute atomic E-state index is 14.6. The first-order chi connectivity index (χ1) is 21.0. The van der Waals surface area contributed by atoms with Gasteiger partial charge in [-0.15, -0.1) is 6.58 Å². The highest BCUT2D eigenvalue weighted by Crippen LogP contribution is 2.61. The van der Waals surface area contributed by atoms with Crippen LogP contribution in [-0.4, -0.2) is 41.7 Å². The van der Waals surface area contributed by atoms with Gasteiger partial charge < -0.3 is 14.0 Å². The smallest absolute Gasteiger partial charge is 0.312 e. The normalized spacial score (nSPS) is 36.4. The second-order valence-electron chi connectivity index (χ2n) is 14.8. The Kier molecular flexibility index (Phi) is 6.67. The summed E-state index contributed by atoms with van der Waals surface area (Å²) < 4.78 is 13.5. The van der Waals surface area contributed by atoms with E-state index in [-0.39, 0.29) is 23.5 Å². The molecule has 1 aromatic heterocycles. The first-order valence-electron chi connectivity index (χ1n) is 16.6. The number of quaternary nitrogens is 1. The molecule has 10 rings (SSSR count). The van der Waals surface area contributed by atoms with Gasteiger partial charge in [-0.25, -0.2) is 0 Å². The standard InChI is InChI=1S/C38H45N2O3/c1-3-29-24-40(23-25-8-10-31(42-2)11-9-25)15-13-30(29)19-35(40)36(33-12-14-39-34-7-5-4-6-32(33)34)43-37(41)38-20-26-16-27(21-38)18-28(17-26)22-38/h3-12,14,26-30,35-36H,1,13,15-24H2,2H3/q+1. The predicted octanol–water partition coefficient (Wildman–Crippen LogP) is 7.66. The van der Waals surface area contributed by atoms with Gasteiger partial charge in [-0.1, -0.05) is 24.3 Å². The molecular formula is C38H45N2O3+. The Morgan fingerprint density at radius 2 is 1.74 bits per heavy atom. The Morgan fingerprint density at radius 3 is 2.44 bits per heavy atom. The number of hydrogen-bond acceptors (Lipinski definition) is 4. The summed E-state index contributed by atoms with van der Waals surface area (Å²) in [5.41, 5.74) is 3.12. The zero-order valence-electron chi connectivity index (χ0n) is 25.5. The highest BCUT2D eigenvalue weighted by molar-refractivity contribution is 5.83. The molecule has 0 amide bonds. The van der Waals surface area contributed by atoms with Gasteiger partial charge in [-0.05, 0) is 98.6 Å². The minimum absolute atomic E-state index is 0.0861. The first kappa shape index (κ1) is 27.4. The Labute approximate surface area is 255 Å². The van der Waals surface area contributed by atoms with Crippen LogP contribution in [0.3, 0.4) is 0 Å². The minimum Gasteiger partial charge on any atom is -0.497 e. The third-order valence-corrected chi connectivity index (χ3v) is 12.4. The molecule has 3 aliphatic heterocycles. The molecule has 2 aromatic carbocycles. The Morgan fingerprint density at radius 1 is 1.02 bits per heavy atom. The van der Waals surface area contributed by atoms with Crippen LogP contribution in [-0.2, 0) is 16.1 Å². The molecule has 7 aliphatic rings. The number of para-hydroxylation sites is 1. The van der Waals surface area contributed by atoms with E-state index >= 15 is 0 Å². The van der Waals surface area contributed by atoms with Crippen LogP contribution in [0, 0.1) is 35.0 Å². The van der Waals surface area contributed by atoms with E-state index in [1.54, 1.807) is 7.11 Å². The second-order valence-corrected chi connectivity index (χ2v) is 14.8. The van der Waals surface area contributed by atoms with Crippen molar-refractivity contribution in [3.8, 4) is 5.75 Å². The average molecular weight is 578 g/mol. The molecular weight excluding hydrogens is 532 g/mol. The molecule has 4 aliphatic carbocycles. The molecule has 7 fully saturated rings. The summed E-state index contributed by atoms with van der Waals surface area (Å²) >= 11 is 0. The lowest BCUT2D eigenvalue weighted by atomic mass is 9.49. The fourth-order valence-corrected chi connectivity index (χ4v) is 10.8. The molecule has 0 N–H and O–H groups in total. The van der Waals surface area contributed by atoms with Crippen molar-refractivity contribution in [2.75, 3.05) is 20.2 Å². The number of esters is 1. The summed E-state index contributed by atoms with van der Waals surface area (Å²) in [5, 5.41) is 1.11. The number of rotatable bonds is 8. The number of aromatic nitrogens is 1. The first-order valence-corrected chi connectivity index (χ1v) is 16.6. The minimum atomic E-state index is -0.305. The van der Waals surface area contributed by atoms with Crippen molar-refractivity contribution in [2.24, 2.45) is 35.0 Å². The van der Waals surface area contributed by atoms with Crippen LogP contribution in [0.2, 0.25) is 0 Å². The number of nitrogens with zero attached hydrogens (tertiary/aromatic N) is 2. The number of benzene rings is 2. The maximum Gasteiger partial charge on any atom is 0.312 e. The predicted molar refractivity (Wildman–Crippen MR) is 168 cm³/mol. The molecule has 43 heavy (non-hydrogen) atoms. The van der Waals surface area contributed by atoms with Gasteiger partial charge in [0.15, 0.2) is 6.10 Å². The molecule has 224 valence electrons. The van der Waals surface area contributed by atoms with Gasteiger partial charge in [0.05, 0.1) is 31.1 Å². The average Bonchev–Trinajstić information content (AvgIpc) is 3.03. The number of fused-ring (bicyclic) bond motifs is 4. The summed E-state index contributed by atoms with van der Waals surface area (Å²) in [6, 6.07) is 19.3. The highest BCUT2D eigenvalue weighted by atomic mass is 16.5. The molecule has 3 saturated heterocycles. The van der Waals surface area contributed by atoms with Crippen LogP contribution < -0.4 is 4.74 Å². The monoisotopic (exact) mass is 577 g/mol. The van der Waals surface area contributed by atoms with Crippen molar-refractivity contribution in [3.05, 3.63) is 84.6 Å². The third kappa shape index (κ3) is 4.61. The fraction of sp³-hybridized carbons (Fsp3) is 0.526. The second kappa shape index (κ2) is 10.5. The Hall–Kier alpha value is -3.18. The number of carbonyl (C=O) groups is 1. The number of hydrogen-bond donors (Lipinski definition) is 0. The van der Waals surface area contributed by atoms with Crippen LogP contribution in [0.4, 0.5) is 0 Å². The summed E-state index contributed by atoms with van der Waals surface area (Å²) in [7, 11) is 1.72. The molecule has 5 atom stereocenters. The van der Waals surface area contributed by atoms with Gasteiger partial charge in [-0.2, -0.15) is 0 Å². The lowest BCUT2D eigenvalue weighted by molar-refractivity contribution is -0.984. The number of pyridine rings is 1. The quantitative estimate of drug-likeness (QED) is 0.157. The largest absolute Gasteiger partial charge is 0.497 e. The van der Waals surface area contributed by atoms with Gasteiger partial charge in [-0.3, -0.25) is 9.78 Å². The van der Waals surface area contributed by atoms with Crippen LogP contribution in [0.15, 0.2) is 73.4 Å². The molecule has 5 unspecified atom stereocenters. The van der Waals surface area contributed by atoms with E-state index in [9.17, 15) is 4.79 Å². The summed E-state index contributed by atoms with van der Waals surface area (Å²) in [4.78, 5) is 19.4. The van der Waals surface area contributed by atoms with Gasteiger partial charge >= 0.3 is 5.97 Å². The summed E-state index contributed by atoms with van der Waals surface area (Å²) in [6.07, 6.45) is 13.1. The lowest BCUT2D eigenvalue weighted by Gasteiger charge is -2.59. The van der Waals surface area contributed by atoms with E-state index in [0.29, 0.717) is 29.6 Å². The van der Waals surface area contributed by atoms with Crippen molar-refractivity contribution in [2.45, 2.75) is 70.1 Å². The number of ether oxygens (including phenoxy) is 2. The van der Waals surface area contributed by atoms with E-state index in [0.717, 1.165) is 72.0 Å². The van der Waals surface area contributed by atoms with Crippen LogP contribution >= 0.6 is 0 Å². The SMILES string of the molecule is C=CC1C[N+]2(Cc3ccc(OC)cc3)CCC1CC2C(OC(=O)C12CC3CC(CC(C3)C1)C2)c1ccnc2ccccc12. The number of methoxy groups -OCH3 is 1. The van der Waals surface area contributed by atoms with Gasteiger partial charge in [0, 0.05) is 41.5 Å². The number of piperidine rings is 3. The van der Waals surface area contributed by atoms with Crippen LogP contribution in [0.25, 0.3) is 10.9 Å². The van der Waals surface area contributed by atoms with E-state index in [2.05, 4.69) is 61.2 Å². The van der Waals surface area contributed by atoms with Gasteiger partial charge in [0.25, 0.3) is 0 Å². The van der Waals surface area contributed by atoms with E-state index in [4.69, 9.17) is 14.5 Å². The Balaban J connectivity index is 1.21.